The number of hydrogen-bond acceptors (Lipinski definition) is 15. The molecule has 618 valence electrons. The molecule has 0 saturated heterocycles. The molecule has 3 N–H and O–H groups in total. The largest absolute Gasteiger partial charge is 0.472 e. The molecule has 5 unspecified atom stereocenters. The van der Waals surface area contributed by atoms with Crippen molar-refractivity contribution in [2.45, 2.75) is 354 Å². The van der Waals surface area contributed by atoms with E-state index in [1.54, 1.807) is 0 Å². The fourth-order valence-electron chi connectivity index (χ4n) is 10.9. The zero-order valence-corrected chi connectivity index (χ0v) is 69.5. The van der Waals surface area contributed by atoms with Gasteiger partial charge >= 0.3 is 39.5 Å². The Hall–Kier alpha value is -5.06. The van der Waals surface area contributed by atoms with E-state index in [0.717, 1.165) is 173 Å². The van der Waals surface area contributed by atoms with Gasteiger partial charge in [-0.2, -0.15) is 0 Å². The molecule has 0 aromatic heterocycles. The Morgan fingerprint density at radius 2 is 0.500 bits per heavy atom. The summed E-state index contributed by atoms with van der Waals surface area (Å²) in [6.07, 6.45) is 92.6. The molecule has 0 amide bonds. The van der Waals surface area contributed by atoms with Gasteiger partial charge in [-0.05, 0) is 141 Å². The fraction of sp³-hybridized carbons (Fsp3) is 0.685. The minimum Gasteiger partial charge on any atom is -0.462 e. The van der Waals surface area contributed by atoms with Crippen molar-refractivity contribution in [2.24, 2.45) is 0 Å². The number of phosphoric acid groups is 2. The first-order valence-electron chi connectivity index (χ1n) is 42.1. The summed E-state index contributed by atoms with van der Waals surface area (Å²) in [5.41, 5.74) is 0. The molecular weight excluding hydrogens is 1400 g/mol. The summed E-state index contributed by atoms with van der Waals surface area (Å²) < 4.78 is 68.6. The lowest BCUT2D eigenvalue weighted by Crippen LogP contribution is -2.30. The van der Waals surface area contributed by atoms with Crippen molar-refractivity contribution in [3.63, 3.8) is 0 Å². The first-order chi connectivity index (χ1) is 52.7. The van der Waals surface area contributed by atoms with Gasteiger partial charge in [0.2, 0.25) is 0 Å². The third-order valence-electron chi connectivity index (χ3n) is 17.3. The van der Waals surface area contributed by atoms with Crippen LogP contribution in [0.3, 0.4) is 0 Å². The second kappa shape index (κ2) is 80.0. The quantitative estimate of drug-likeness (QED) is 0.0169. The Balaban J connectivity index is 5.42. The number of rotatable bonds is 78. The summed E-state index contributed by atoms with van der Waals surface area (Å²) in [7, 11) is -9.99. The van der Waals surface area contributed by atoms with Gasteiger partial charge in [0, 0.05) is 25.7 Å². The molecule has 0 aromatic carbocycles. The zero-order valence-electron chi connectivity index (χ0n) is 67.7. The van der Waals surface area contributed by atoms with Gasteiger partial charge in [0.25, 0.3) is 0 Å². The molecule has 0 aliphatic rings. The predicted molar refractivity (Wildman–Crippen MR) is 445 cm³/mol. The van der Waals surface area contributed by atoms with E-state index >= 15 is 0 Å². The van der Waals surface area contributed by atoms with Crippen molar-refractivity contribution in [3.8, 4) is 0 Å². The maximum Gasteiger partial charge on any atom is 0.472 e. The van der Waals surface area contributed by atoms with Gasteiger partial charge in [-0.3, -0.25) is 37.3 Å². The molecule has 0 aliphatic carbocycles. The predicted octanol–water partition coefficient (Wildman–Crippen LogP) is 25.0. The van der Waals surface area contributed by atoms with Crippen LogP contribution in [0, 0.1) is 0 Å². The first-order valence-corrected chi connectivity index (χ1v) is 45.1. The van der Waals surface area contributed by atoms with Crippen molar-refractivity contribution in [1.29, 1.82) is 0 Å². The number of allylic oxidation sites excluding steroid dienone is 24. The van der Waals surface area contributed by atoms with Gasteiger partial charge in [-0.1, -0.05) is 315 Å². The summed E-state index contributed by atoms with van der Waals surface area (Å²) >= 11 is 0. The highest BCUT2D eigenvalue weighted by molar-refractivity contribution is 7.47. The first kappa shape index (κ1) is 103. The Kier molecular flexibility index (Phi) is 76.3. The van der Waals surface area contributed by atoms with Crippen molar-refractivity contribution in [2.75, 3.05) is 39.6 Å². The molecule has 0 heterocycles. The van der Waals surface area contributed by atoms with E-state index < -0.39 is 97.5 Å². The van der Waals surface area contributed by atoms with Gasteiger partial charge in [-0.15, -0.1) is 0 Å². The third-order valence-corrected chi connectivity index (χ3v) is 19.2. The standard InChI is InChI=1S/C89H150O17P2/c1-5-9-13-17-21-25-29-32-35-38-41-44-47-50-54-57-61-65-69-73-86(91)99-79-84(105-88(93)75-71-67-63-59-53-28-24-20-16-12-8-4)81-103-107(95,96)101-77-83(90)78-102-108(97,98)104-82-85(106-89(94)76-72-68-64-60-56-52-49-46-43-40-37-34-31-27-23-19-15-11-7-3)80-100-87(92)74-70-66-62-58-55-51-48-45-42-39-36-33-30-26-22-18-14-10-6-2/h10,14,21-23,25-27,32-37,41-46,51,55,62,66,83-85,90H,5-9,11-13,15-20,24,28-31,38-40,47-50,52-54,56-61,63-65,67-82H2,1-4H3,(H,95,96)(H,97,98)/b14-10-,25-21-,26-22-,27-23-,35-32-,36-33-,37-34-,44-41-,45-42-,46-43-,55-51-,66-62-. The highest BCUT2D eigenvalue weighted by Crippen LogP contribution is 2.45. The maximum atomic E-state index is 13.1. The summed E-state index contributed by atoms with van der Waals surface area (Å²) in [5, 5.41) is 10.7. The van der Waals surface area contributed by atoms with Crippen molar-refractivity contribution >= 4 is 39.5 Å². The lowest BCUT2D eigenvalue weighted by molar-refractivity contribution is -0.161. The molecule has 0 rings (SSSR count). The van der Waals surface area contributed by atoms with Gasteiger partial charge < -0.3 is 33.8 Å². The SMILES string of the molecule is CC/C=C\C/C=C\C/C=C\C/C=C\C/C=C\C/C=C\CCC(=O)OCC(COP(=O)(O)OCC(O)COP(=O)(O)OCC(COC(=O)CCCCCCCC/C=C\C/C=C\C/C=C\CCCCC)OC(=O)CCCCCCCCCCCCC)OC(=O)CCCCCCCC/C=C\C/C=C\C/C=C\CCCCC. The number of esters is 4. The number of aliphatic hydroxyl groups excluding tert-OH is 1. The number of carbonyl (C=O) groups excluding carboxylic acids is 4. The van der Waals surface area contributed by atoms with E-state index in [-0.39, 0.29) is 25.7 Å². The summed E-state index contributed by atoms with van der Waals surface area (Å²) in [6.45, 7) is 4.61. The number of unbranched alkanes of at least 4 members (excludes halogenated alkanes) is 28. The van der Waals surface area contributed by atoms with Crippen molar-refractivity contribution in [1.82, 2.24) is 0 Å². The topological polar surface area (TPSA) is 237 Å². The average molecular weight is 1550 g/mol. The number of carbonyl (C=O) groups is 4. The third kappa shape index (κ3) is 79.0. The molecule has 0 aliphatic heterocycles. The van der Waals surface area contributed by atoms with Crippen LogP contribution in [0.2, 0.25) is 0 Å². The van der Waals surface area contributed by atoms with Gasteiger partial charge in [0.05, 0.1) is 26.4 Å². The van der Waals surface area contributed by atoms with Gasteiger partial charge in [0.15, 0.2) is 12.2 Å². The maximum absolute atomic E-state index is 13.1. The molecule has 0 saturated carbocycles. The number of aliphatic hydroxyl groups is 1. The Bertz CT molecular complexity index is 2610. The van der Waals surface area contributed by atoms with Crippen LogP contribution in [0.5, 0.6) is 0 Å². The summed E-state index contributed by atoms with van der Waals surface area (Å²) in [4.78, 5) is 73.1. The van der Waals surface area contributed by atoms with E-state index in [1.807, 2.05) is 18.2 Å². The lowest BCUT2D eigenvalue weighted by Gasteiger charge is -2.21. The Labute approximate surface area is 656 Å². The molecule has 0 bridgehead atoms. The van der Waals surface area contributed by atoms with Crippen LogP contribution in [-0.4, -0.2) is 96.7 Å². The fourth-order valence-corrected chi connectivity index (χ4v) is 12.5. The van der Waals surface area contributed by atoms with Crippen LogP contribution in [0.25, 0.3) is 0 Å². The highest BCUT2D eigenvalue weighted by atomic mass is 31.2. The van der Waals surface area contributed by atoms with Gasteiger partial charge in [-0.25, -0.2) is 9.13 Å². The van der Waals surface area contributed by atoms with Crippen LogP contribution in [0.15, 0.2) is 146 Å². The normalized spacial score (nSPS) is 14.5. The van der Waals surface area contributed by atoms with Gasteiger partial charge in [0.1, 0.15) is 19.3 Å². The van der Waals surface area contributed by atoms with Crippen LogP contribution in [-0.2, 0) is 65.4 Å². The van der Waals surface area contributed by atoms with Crippen molar-refractivity contribution < 1.29 is 80.2 Å². The minimum absolute atomic E-state index is 0.0296. The van der Waals surface area contributed by atoms with E-state index in [4.69, 9.17) is 37.0 Å². The zero-order chi connectivity index (χ0) is 78.9. The Morgan fingerprint density at radius 1 is 0.269 bits per heavy atom. The number of hydrogen-bond donors (Lipinski definition) is 3. The minimum atomic E-state index is -5.00. The average Bonchev–Trinajstić information content (AvgIpc) is 0.917. The van der Waals surface area contributed by atoms with Crippen molar-refractivity contribution in [3.05, 3.63) is 146 Å². The van der Waals surface area contributed by atoms with E-state index in [1.165, 1.54) is 77.0 Å². The van der Waals surface area contributed by atoms with E-state index in [0.29, 0.717) is 32.1 Å². The van der Waals surface area contributed by atoms with Crippen LogP contribution >= 0.6 is 15.6 Å². The van der Waals surface area contributed by atoms with Crippen LogP contribution in [0.1, 0.15) is 336 Å². The van der Waals surface area contributed by atoms with E-state index in [9.17, 15) is 43.2 Å². The highest BCUT2D eigenvalue weighted by Gasteiger charge is 2.30. The molecule has 0 aromatic rings. The molecule has 0 fully saturated rings. The molecule has 5 atom stereocenters. The molecule has 0 radical (unpaired) electrons. The monoisotopic (exact) mass is 1550 g/mol. The molecule has 17 nitrogen and oxygen atoms in total. The second-order valence-electron chi connectivity index (χ2n) is 27.7. The lowest BCUT2D eigenvalue weighted by atomic mass is 10.1. The summed E-state index contributed by atoms with van der Waals surface area (Å²) in [6, 6.07) is 0. The number of phosphoric ester groups is 2. The molecule has 108 heavy (non-hydrogen) atoms. The van der Waals surface area contributed by atoms with Crippen LogP contribution < -0.4 is 0 Å². The number of ether oxygens (including phenoxy) is 4. The molecule has 0 spiro atoms. The van der Waals surface area contributed by atoms with Crippen LogP contribution in [0.4, 0.5) is 0 Å². The smallest absolute Gasteiger partial charge is 0.462 e. The summed E-state index contributed by atoms with van der Waals surface area (Å²) in [5.74, 6) is -2.30. The Morgan fingerprint density at radius 3 is 0.815 bits per heavy atom. The molecular formula is C89H150O17P2. The molecule has 19 heteroatoms. The van der Waals surface area contributed by atoms with E-state index in [2.05, 4.69) is 155 Å². The second-order valence-corrected chi connectivity index (χ2v) is 30.6.